The maximum Gasteiger partial charge on any atom is 0.161 e. The number of unbranched alkanes of at least 4 members (excludes halogenated alkanes) is 1. The van der Waals surface area contributed by atoms with Crippen LogP contribution in [0.15, 0.2) is 36.4 Å². The van der Waals surface area contributed by atoms with Gasteiger partial charge in [-0.1, -0.05) is 25.5 Å². The number of hydrogen-bond acceptors (Lipinski definition) is 5. The maximum atomic E-state index is 6.05. The minimum atomic E-state index is 0.144. The van der Waals surface area contributed by atoms with E-state index in [0.29, 0.717) is 6.61 Å². The fraction of sp³-hybridized carbons (Fsp3) is 0.500. The van der Waals surface area contributed by atoms with Crippen LogP contribution in [0.3, 0.4) is 0 Å². The van der Waals surface area contributed by atoms with Gasteiger partial charge in [-0.2, -0.15) is 0 Å². The van der Waals surface area contributed by atoms with Crippen LogP contribution in [-0.4, -0.2) is 52.4 Å². The highest BCUT2D eigenvalue weighted by Crippen LogP contribution is 2.37. The van der Waals surface area contributed by atoms with Gasteiger partial charge in [-0.05, 0) is 67.9 Å². The molecule has 0 amide bonds. The van der Waals surface area contributed by atoms with Crippen molar-refractivity contribution >= 4 is 0 Å². The Labute approximate surface area is 175 Å². The van der Waals surface area contributed by atoms with Crippen molar-refractivity contribution in [3.63, 3.8) is 0 Å². The first-order valence-electron chi connectivity index (χ1n) is 10.6. The standard InChI is InChI=1S/C24H34N2O3/c1-5-6-14-28-20-9-7-18(8-10-20)24-21-17-23(29-15-13-26(2)3)22(27-4)16-19(21)11-12-25-24/h7-10,16-17,24-25H,5-6,11-15H2,1-4H3. The Morgan fingerprint density at radius 2 is 1.83 bits per heavy atom. The Bertz CT molecular complexity index is 774. The van der Waals surface area contributed by atoms with Gasteiger partial charge in [0.25, 0.3) is 0 Å². The number of hydrogen-bond donors (Lipinski definition) is 1. The molecule has 0 radical (unpaired) electrons. The third-order valence-corrected chi connectivity index (χ3v) is 5.26. The van der Waals surface area contributed by atoms with E-state index < -0.39 is 0 Å². The topological polar surface area (TPSA) is 43.0 Å². The normalized spacial score (nSPS) is 15.8. The van der Waals surface area contributed by atoms with Gasteiger partial charge in [0.05, 0.1) is 19.8 Å². The van der Waals surface area contributed by atoms with E-state index in [1.165, 1.54) is 16.7 Å². The lowest BCUT2D eigenvalue weighted by Crippen LogP contribution is -2.30. The highest BCUT2D eigenvalue weighted by Gasteiger charge is 2.24. The lowest BCUT2D eigenvalue weighted by Gasteiger charge is -2.29. The summed E-state index contributed by atoms with van der Waals surface area (Å²) in [5, 5.41) is 3.66. The van der Waals surface area contributed by atoms with E-state index in [4.69, 9.17) is 14.2 Å². The van der Waals surface area contributed by atoms with Gasteiger partial charge in [-0.25, -0.2) is 0 Å². The molecule has 5 heteroatoms. The first-order valence-corrected chi connectivity index (χ1v) is 10.6. The number of methoxy groups -OCH3 is 1. The molecule has 158 valence electrons. The monoisotopic (exact) mass is 398 g/mol. The third kappa shape index (κ3) is 5.64. The molecule has 2 aromatic carbocycles. The molecule has 3 rings (SSSR count). The van der Waals surface area contributed by atoms with Gasteiger partial charge in [-0.3, -0.25) is 0 Å². The number of fused-ring (bicyclic) bond motifs is 1. The quantitative estimate of drug-likeness (QED) is 0.612. The van der Waals surface area contributed by atoms with E-state index in [2.05, 4.69) is 53.5 Å². The summed E-state index contributed by atoms with van der Waals surface area (Å²) in [6.07, 6.45) is 3.21. The van der Waals surface area contributed by atoms with E-state index in [0.717, 1.165) is 56.2 Å². The Morgan fingerprint density at radius 1 is 1.03 bits per heavy atom. The van der Waals surface area contributed by atoms with Crippen molar-refractivity contribution in [3.05, 3.63) is 53.1 Å². The van der Waals surface area contributed by atoms with Gasteiger partial charge in [0.2, 0.25) is 0 Å². The van der Waals surface area contributed by atoms with Gasteiger partial charge in [0.15, 0.2) is 11.5 Å². The van der Waals surface area contributed by atoms with Crippen LogP contribution in [0.1, 0.15) is 42.5 Å². The van der Waals surface area contributed by atoms with Gasteiger partial charge >= 0.3 is 0 Å². The van der Waals surface area contributed by atoms with E-state index >= 15 is 0 Å². The molecule has 29 heavy (non-hydrogen) atoms. The largest absolute Gasteiger partial charge is 0.494 e. The van der Waals surface area contributed by atoms with E-state index in [1.807, 2.05) is 14.1 Å². The van der Waals surface area contributed by atoms with E-state index in [9.17, 15) is 0 Å². The molecule has 1 atom stereocenters. The van der Waals surface area contributed by atoms with Crippen molar-refractivity contribution in [2.75, 3.05) is 47.5 Å². The Morgan fingerprint density at radius 3 is 2.52 bits per heavy atom. The van der Waals surface area contributed by atoms with Crippen molar-refractivity contribution in [3.8, 4) is 17.2 Å². The molecule has 0 saturated carbocycles. The van der Waals surface area contributed by atoms with Crippen LogP contribution in [0.2, 0.25) is 0 Å². The zero-order chi connectivity index (χ0) is 20.6. The summed E-state index contributed by atoms with van der Waals surface area (Å²) < 4.78 is 17.5. The number of benzene rings is 2. The Hall–Kier alpha value is -2.24. The van der Waals surface area contributed by atoms with Gasteiger partial charge in [0.1, 0.15) is 12.4 Å². The maximum absolute atomic E-state index is 6.05. The molecule has 1 N–H and O–H groups in total. The van der Waals surface area contributed by atoms with E-state index in [1.54, 1.807) is 7.11 Å². The fourth-order valence-corrected chi connectivity index (χ4v) is 3.56. The lowest BCUT2D eigenvalue weighted by molar-refractivity contribution is 0.250. The predicted molar refractivity (Wildman–Crippen MR) is 117 cm³/mol. The van der Waals surface area contributed by atoms with Crippen molar-refractivity contribution < 1.29 is 14.2 Å². The summed E-state index contributed by atoms with van der Waals surface area (Å²) in [6.45, 7) is 5.38. The molecular weight excluding hydrogens is 364 g/mol. The summed E-state index contributed by atoms with van der Waals surface area (Å²) in [6, 6.07) is 12.9. The predicted octanol–water partition coefficient (Wildman–Crippen LogP) is 4.05. The minimum Gasteiger partial charge on any atom is -0.494 e. The molecule has 0 aliphatic carbocycles. The van der Waals surface area contributed by atoms with Crippen molar-refractivity contribution in [2.45, 2.75) is 32.2 Å². The first kappa shape index (κ1) is 21.5. The molecule has 1 unspecified atom stereocenters. The van der Waals surface area contributed by atoms with Crippen LogP contribution < -0.4 is 19.5 Å². The number of likely N-dealkylation sites (N-methyl/N-ethyl adjacent to an activating group) is 1. The Balaban J connectivity index is 1.81. The van der Waals surface area contributed by atoms with Crippen LogP contribution in [0.4, 0.5) is 0 Å². The Kier molecular flexibility index (Phi) is 7.78. The minimum absolute atomic E-state index is 0.144. The zero-order valence-electron chi connectivity index (χ0n) is 18.2. The average molecular weight is 399 g/mol. The second-order valence-electron chi connectivity index (χ2n) is 7.76. The summed E-state index contributed by atoms with van der Waals surface area (Å²) >= 11 is 0. The number of nitrogens with zero attached hydrogens (tertiary/aromatic N) is 1. The van der Waals surface area contributed by atoms with Crippen LogP contribution in [0.5, 0.6) is 17.2 Å². The average Bonchev–Trinajstić information content (AvgIpc) is 2.73. The summed E-state index contributed by atoms with van der Waals surface area (Å²) in [4.78, 5) is 2.11. The first-order chi connectivity index (χ1) is 14.1. The number of ether oxygens (including phenoxy) is 3. The second kappa shape index (κ2) is 10.5. The molecule has 1 aliphatic rings. The molecule has 0 aromatic heterocycles. The molecule has 1 aliphatic heterocycles. The van der Waals surface area contributed by atoms with Crippen molar-refractivity contribution in [1.29, 1.82) is 0 Å². The van der Waals surface area contributed by atoms with Crippen LogP contribution in [-0.2, 0) is 6.42 Å². The SMILES string of the molecule is CCCCOc1ccc(C2NCCc3cc(OC)c(OCCN(C)C)cc32)cc1. The lowest BCUT2D eigenvalue weighted by atomic mass is 9.89. The zero-order valence-corrected chi connectivity index (χ0v) is 18.2. The summed E-state index contributed by atoms with van der Waals surface area (Å²) in [5.41, 5.74) is 3.81. The smallest absolute Gasteiger partial charge is 0.161 e. The third-order valence-electron chi connectivity index (χ3n) is 5.26. The van der Waals surface area contributed by atoms with Crippen molar-refractivity contribution in [1.82, 2.24) is 10.2 Å². The molecule has 0 saturated heterocycles. The van der Waals surface area contributed by atoms with Gasteiger partial charge in [0, 0.05) is 13.1 Å². The fourth-order valence-electron chi connectivity index (χ4n) is 3.56. The van der Waals surface area contributed by atoms with Gasteiger partial charge in [-0.15, -0.1) is 0 Å². The number of rotatable bonds is 10. The molecule has 0 bridgehead atoms. The molecule has 5 nitrogen and oxygen atoms in total. The second-order valence-corrected chi connectivity index (χ2v) is 7.76. The number of nitrogens with one attached hydrogen (secondary N) is 1. The molecule has 0 fully saturated rings. The van der Waals surface area contributed by atoms with Crippen LogP contribution >= 0.6 is 0 Å². The molecule has 0 spiro atoms. The highest BCUT2D eigenvalue weighted by atomic mass is 16.5. The van der Waals surface area contributed by atoms with Crippen LogP contribution in [0.25, 0.3) is 0 Å². The molecular formula is C24H34N2O3. The van der Waals surface area contributed by atoms with Crippen molar-refractivity contribution in [2.24, 2.45) is 0 Å². The molecule has 2 aromatic rings. The van der Waals surface area contributed by atoms with E-state index in [-0.39, 0.29) is 6.04 Å². The molecule has 1 heterocycles. The highest BCUT2D eigenvalue weighted by molar-refractivity contribution is 5.52. The van der Waals surface area contributed by atoms with Gasteiger partial charge < -0.3 is 24.4 Å². The summed E-state index contributed by atoms with van der Waals surface area (Å²) in [5.74, 6) is 2.55. The summed E-state index contributed by atoms with van der Waals surface area (Å²) in [7, 11) is 5.79. The van der Waals surface area contributed by atoms with Crippen LogP contribution in [0, 0.1) is 0 Å².